The molecule has 0 spiro atoms. The van der Waals surface area contributed by atoms with Crippen molar-refractivity contribution in [3.05, 3.63) is 97.2 Å². The number of allylic oxidation sites excluding steroid dienone is 15. The van der Waals surface area contributed by atoms with Crippen molar-refractivity contribution in [2.24, 2.45) is 0 Å². The smallest absolute Gasteiger partial charge is 0.306 e. The van der Waals surface area contributed by atoms with Crippen molar-refractivity contribution in [1.29, 1.82) is 0 Å². The summed E-state index contributed by atoms with van der Waals surface area (Å²) in [7, 11) is 0. The molecule has 0 aromatic heterocycles. The Labute approximate surface area is 475 Å². The molecule has 1 aliphatic heterocycles. The molecule has 0 bridgehead atoms. The molecule has 1 saturated heterocycles. The number of amides is 1. The minimum Gasteiger partial charge on any atom is -0.454 e. The van der Waals surface area contributed by atoms with Crippen LogP contribution in [0.5, 0.6) is 0 Å². The van der Waals surface area contributed by atoms with Crippen LogP contribution in [0.15, 0.2) is 97.2 Å². The van der Waals surface area contributed by atoms with Crippen LogP contribution < -0.4 is 5.32 Å². The van der Waals surface area contributed by atoms with Crippen LogP contribution in [0.25, 0.3) is 0 Å². The summed E-state index contributed by atoms with van der Waals surface area (Å²) in [6, 6.07) is -1.04. The average molecular weight is 1090 g/mol. The molecule has 0 aromatic carbocycles. The van der Waals surface area contributed by atoms with Gasteiger partial charge in [-0.15, -0.1) is 0 Å². The number of ether oxygens (including phenoxy) is 3. The minimum absolute atomic E-state index is 0.0704. The molecule has 1 aliphatic rings. The van der Waals surface area contributed by atoms with Gasteiger partial charge in [-0.05, 0) is 77.0 Å². The molecule has 0 radical (unpaired) electrons. The molecule has 1 fully saturated rings. The Morgan fingerprint density at radius 2 is 0.974 bits per heavy atom. The van der Waals surface area contributed by atoms with E-state index in [0.29, 0.717) is 12.8 Å². The summed E-state index contributed by atoms with van der Waals surface area (Å²) in [4.78, 5) is 26.5. The highest BCUT2D eigenvalue weighted by Crippen LogP contribution is 2.26. The van der Waals surface area contributed by atoms with Crippen molar-refractivity contribution in [1.82, 2.24) is 5.32 Å². The van der Waals surface area contributed by atoms with Gasteiger partial charge in [0.05, 0.1) is 25.4 Å². The van der Waals surface area contributed by atoms with Crippen LogP contribution >= 0.6 is 0 Å². The van der Waals surface area contributed by atoms with E-state index in [9.17, 15) is 35.1 Å². The van der Waals surface area contributed by atoms with Crippen LogP contribution in [0.1, 0.15) is 252 Å². The van der Waals surface area contributed by atoms with E-state index >= 15 is 0 Å². The lowest BCUT2D eigenvalue weighted by molar-refractivity contribution is -0.305. The second-order valence-corrected chi connectivity index (χ2v) is 21.5. The largest absolute Gasteiger partial charge is 0.454 e. The van der Waals surface area contributed by atoms with Crippen molar-refractivity contribution in [2.75, 3.05) is 13.2 Å². The van der Waals surface area contributed by atoms with E-state index in [2.05, 4.69) is 62.5 Å². The van der Waals surface area contributed by atoms with Gasteiger partial charge in [0.1, 0.15) is 24.4 Å². The van der Waals surface area contributed by atoms with Gasteiger partial charge in [-0.2, -0.15) is 0 Å². The first-order valence-corrected chi connectivity index (χ1v) is 31.6. The summed E-state index contributed by atoms with van der Waals surface area (Å²) in [5.41, 5.74) is 0. The molecular formula is C67H115NO10. The Balaban J connectivity index is 2.67. The van der Waals surface area contributed by atoms with Crippen molar-refractivity contribution in [2.45, 2.75) is 301 Å². The Hall–Kier alpha value is -3.42. The highest BCUT2D eigenvalue weighted by molar-refractivity contribution is 5.80. The van der Waals surface area contributed by atoms with Crippen LogP contribution in [0.4, 0.5) is 0 Å². The number of hydrogen-bond donors (Lipinski definition) is 6. The Kier molecular flexibility index (Phi) is 50.4. The maximum Gasteiger partial charge on any atom is 0.306 e. The van der Waals surface area contributed by atoms with Gasteiger partial charge in [0.15, 0.2) is 12.4 Å². The predicted molar refractivity (Wildman–Crippen MR) is 324 cm³/mol. The topological polar surface area (TPSA) is 175 Å². The quantitative estimate of drug-likeness (QED) is 0.0149. The molecule has 0 saturated carbocycles. The van der Waals surface area contributed by atoms with E-state index in [1.54, 1.807) is 6.08 Å². The number of rotatable bonds is 52. The third kappa shape index (κ3) is 41.6. The first-order chi connectivity index (χ1) is 38.2. The number of unbranched alkanes of at least 4 members (excludes halogenated alkanes) is 28. The standard InChI is InChI=1S/C67H115NO10/c1-4-7-10-13-16-19-22-25-27-28-29-30-31-32-33-35-36-39-42-45-48-51-54-60(71)66(75)68-58(59(70)53-50-47-44-41-38-24-21-18-15-12-9-6-3)57-76-67-65(64(74)63(73)61(56-69)77-67)78-62(72)55-52-49-46-43-40-37-34-26-23-20-17-14-11-8-5-2/h8,11,14,16-17,19-20,23,25-27,34,37,40,50,53,58-61,63-65,67,69-71,73-74H,4-7,9-10,12-13,15,18,21-22,24,28-33,35-36,38-39,41-49,51-52,54-57H2,1-3H3,(H,68,75)/b11-8+,17-14+,19-16-,23-20-,27-25-,34-26-,40-37+,53-50+. The minimum atomic E-state index is -1.64. The van der Waals surface area contributed by atoms with Crippen LogP contribution in [-0.2, 0) is 23.8 Å². The summed E-state index contributed by atoms with van der Waals surface area (Å²) in [5, 5.41) is 57.0. The fourth-order valence-electron chi connectivity index (χ4n) is 9.35. The summed E-state index contributed by atoms with van der Waals surface area (Å²) in [5.74, 6) is -1.24. The van der Waals surface area contributed by atoms with E-state index < -0.39 is 67.4 Å². The lowest BCUT2D eigenvalue weighted by Crippen LogP contribution is -2.61. The van der Waals surface area contributed by atoms with Gasteiger partial charge in [0.2, 0.25) is 5.91 Å². The number of hydrogen-bond acceptors (Lipinski definition) is 10. The molecule has 8 unspecified atom stereocenters. The third-order valence-corrected chi connectivity index (χ3v) is 14.3. The predicted octanol–water partition coefficient (Wildman–Crippen LogP) is 15.1. The highest BCUT2D eigenvalue weighted by atomic mass is 16.7. The van der Waals surface area contributed by atoms with Gasteiger partial charge in [-0.25, -0.2) is 0 Å². The van der Waals surface area contributed by atoms with Crippen LogP contribution in [0.3, 0.4) is 0 Å². The molecule has 0 aromatic rings. The summed E-state index contributed by atoms with van der Waals surface area (Å²) >= 11 is 0. The summed E-state index contributed by atoms with van der Waals surface area (Å²) < 4.78 is 17.6. The van der Waals surface area contributed by atoms with Crippen molar-refractivity contribution >= 4 is 11.9 Å². The van der Waals surface area contributed by atoms with E-state index in [4.69, 9.17) is 14.2 Å². The Morgan fingerprint density at radius 1 is 0.526 bits per heavy atom. The normalized spacial score (nSPS) is 19.6. The number of carbonyl (C=O) groups excluding carboxylic acids is 2. The monoisotopic (exact) mass is 1090 g/mol. The van der Waals surface area contributed by atoms with Crippen molar-refractivity contribution in [3.8, 4) is 0 Å². The Bertz CT molecular complexity index is 1630. The van der Waals surface area contributed by atoms with Crippen LogP contribution in [-0.4, -0.2) is 99.6 Å². The zero-order valence-electron chi connectivity index (χ0n) is 49.5. The summed E-state index contributed by atoms with van der Waals surface area (Å²) in [6.07, 6.45) is 61.6. The molecule has 11 heteroatoms. The molecule has 0 aliphatic carbocycles. The lowest BCUT2D eigenvalue weighted by atomic mass is 9.99. The third-order valence-electron chi connectivity index (χ3n) is 14.3. The molecule has 78 heavy (non-hydrogen) atoms. The van der Waals surface area contributed by atoms with Gasteiger partial charge in [0, 0.05) is 6.42 Å². The number of aliphatic hydroxyl groups excluding tert-OH is 5. The van der Waals surface area contributed by atoms with Crippen LogP contribution in [0, 0.1) is 0 Å². The van der Waals surface area contributed by atoms with Gasteiger partial charge in [-0.3, -0.25) is 9.59 Å². The zero-order chi connectivity index (χ0) is 56.8. The van der Waals surface area contributed by atoms with Gasteiger partial charge < -0.3 is 45.1 Å². The number of nitrogens with one attached hydrogen (secondary N) is 1. The maximum atomic E-state index is 13.4. The SMILES string of the molecule is CC/C=C/C=C/C=C\C=C/C=C/CCCCCC(=O)OC1C(OCC(NC(=O)C(O)CCCCCCCCCCCCCC/C=C\C/C=C\CCCCC)C(O)/C=C/CCCCCCCCCCCC)OC(CO)C(O)C1O. The van der Waals surface area contributed by atoms with E-state index in [-0.39, 0.29) is 19.4 Å². The fraction of sp³-hybridized carbons (Fsp3) is 0.731. The van der Waals surface area contributed by atoms with E-state index in [1.165, 1.54) is 135 Å². The van der Waals surface area contributed by atoms with Gasteiger partial charge in [0.25, 0.3) is 0 Å². The van der Waals surface area contributed by atoms with Crippen molar-refractivity contribution < 1.29 is 49.3 Å². The first-order valence-electron chi connectivity index (χ1n) is 31.6. The highest BCUT2D eigenvalue weighted by Gasteiger charge is 2.47. The molecule has 8 atom stereocenters. The molecule has 1 heterocycles. The summed E-state index contributed by atoms with van der Waals surface area (Å²) in [6.45, 7) is 5.59. The molecule has 11 nitrogen and oxygen atoms in total. The molecule has 6 N–H and O–H groups in total. The zero-order valence-corrected chi connectivity index (χ0v) is 49.5. The molecular weight excluding hydrogens is 979 g/mol. The van der Waals surface area contributed by atoms with Crippen molar-refractivity contribution in [3.63, 3.8) is 0 Å². The number of carbonyl (C=O) groups is 2. The van der Waals surface area contributed by atoms with Gasteiger partial charge in [-0.1, -0.05) is 266 Å². The van der Waals surface area contributed by atoms with Gasteiger partial charge >= 0.3 is 5.97 Å². The molecule has 448 valence electrons. The second kappa shape index (κ2) is 54.2. The Morgan fingerprint density at radius 3 is 1.51 bits per heavy atom. The first kappa shape index (κ1) is 72.6. The number of esters is 1. The van der Waals surface area contributed by atoms with E-state index in [1.807, 2.05) is 54.7 Å². The second-order valence-electron chi connectivity index (χ2n) is 21.5. The van der Waals surface area contributed by atoms with E-state index in [0.717, 1.165) is 70.6 Å². The maximum absolute atomic E-state index is 13.4. The molecule has 1 amide bonds. The average Bonchev–Trinajstić information content (AvgIpc) is 3.45. The van der Waals surface area contributed by atoms with Crippen LogP contribution in [0.2, 0.25) is 0 Å². The lowest BCUT2D eigenvalue weighted by Gasteiger charge is -2.41. The fourth-order valence-corrected chi connectivity index (χ4v) is 9.35. The number of aliphatic hydroxyl groups is 5. The molecule has 1 rings (SSSR count).